The zero-order valence-corrected chi connectivity index (χ0v) is 6.93. The fourth-order valence-corrected chi connectivity index (χ4v) is 0.826. The van der Waals surface area contributed by atoms with Crippen molar-refractivity contribution in [3.05, 3.63) is 16.8 Å². The van der Waals surface area contributed by atoms with Crippen molar-refractivity contribution in [3.63, 3.8) is 0 Å². The molecule has 3 nitrogen and oxygen atoms in total. The number of rotatable bonds is 3. The standard InChI is InChI=1S/C6H8BrNO2/c7-5-1-2-6(10-5)9-4-3-8/h1-2H,3-4,8H2. The first kappa shape index (κ1) is 7.63. The van der Waals surface area contributed by atoms with E-state index < -0.39 is 0 Å². The van der Waals surface area contributed by atoms with Crippen molar-refractivity contribution in [1.82, 2.24) is 0 Å². The van der Waals surface area contributed by atoms with Gasteiger partial charge in [-0.3, -0.25) is 0 Å². The minimum absolute atomic E-state index is 0.486. The van der Waals surface area contributed by atoms with Gasteiger partial charge in [-0.25, -0.2) is 0 Å². The lowest BCUT2D eigenvalue weighted by molar-refractivity contribution is 0.246. The van der Waals surface area contributed by atoms with Gasteiger partial charge in [-0.1, -0.05) is 0 Å². The van der Waals surface area contributed by atoms with E-state index in [1.54, 1.807) is 12.1 Å². The third-order valence-electron chi connectivity index (χ3n) is 0.911. The van der Waals surface area contributed by atoms with E-state index in [1.165, 1.54) is 0 Å². The Kier molecular flexibility index (Phi) is 2.77. The molecule has 0 aliphatic carbocycles. The van der Waals surface area contributed by atoms with Gasteiger partial charge in [0, 0.05) is 12.6 Å². The third kappa shape index (κ3) is 2.04. The largest absolute Gasteiger partial charge is 0.464 e. The maximum atomic E-state index is 5.20. The lowest BCUT2D eigenvalue weighted by Gasteiger charge is -1.96. The second-order valence-corrected chi connectivity index (χ2v) is 2.48. The summed E-state index contributed by atoms with van der Waals surface area (Å²) in [5.41, 5.74) is 5.20. The number of ether oxygens (including phenoxy) is 1. The maximum absolute atomic E-state index is 5.20. The van der Waals surface area contributed by atoms with Crippen LogP contribution in [-0.2, 0) is 0 Å². The second kappa shape index (κ2) is 3.63. The van der Waals surface area contributed by atoms with Gasteiger partial charge >= 0.3 is 0 Å². The predicted molar refractivity (Wildman–Crippen MR) is 41.0 cm³/mol. The summed E-state index contributed by atoms with van der Waals surface area (Å²) >= 11 is 3.15. The average molecular weight is 206 g/mol. The molecule has 0 saturated heterocycles. The van der Waals surface area contributed by atoms with Gasteiger partial charge in [0.2, 0.25) is 0 Å². The molecule has 1 aromatic heterocycles. The number of hydrogen-bond donors (Lipinski definition) is 1. The highest BCUT2D eigenvalue weighted by atomic mass is 79.9. The second-order valence-electron chi connectivity index (χ2n) is 1.70. The Balaban J connectivity index is 2.42. The summed E-state index contributed by atoms with van der Waals surface area (Å²) < 4.78 is 10.7. The van der Waals surface area contributed by atoms with Crippen molar-refractivity contribution in [1.29, 1.82) is 0 Å². The summed E-state index contributed by atoms with van der Waals surface area (Å²) in [6.45, 7) is 0.984. The SMILES string of the molecule is NCCOc1ccc(Br)o1. The first-order valence-electron chi connectivity index (χ1n) is 2.91. The van der Waals surface area contributed by atoms with Crippen molar-refractivity contribution in [2.45, 2.75) is 0 Å². The Bertz CT molecular complexity index is 199. The lowest BCUT2D eigenvalue weighted by atomic mass is 10.6. The Morgan fingerprint density at radius 3 is 2.90 bits per heavy atom. The van der Waals surface area contributed by atoms with Gasteiger partial charge in [0.15, 0.2) is 4.67 Å². The highest BCUT2D eigenvalue weighted by Gasteiger charge is 1.97. The molecule has 1 aromatic rings. The molecular weight excluding hydrogens is 198 g/mol. The van der Waals surface area contributed by atoms with Crippen molar-refractivity contribution in [2.75, 3.05) is 13.2 Å². The molecule has 0 aliphatic rings. The Labute approximate surface area is 67.3 Å². The van der Waals surface area contributed by atoms with Crippen LogP contribution in [0.2, 0.25) is 0 Å². The van der Waals surface area contributed by atoms with Gasteiger partial charge in [0.25, 0.3) is 5.95 Å². The van der Waals surface area contributed by atoms with E-state index in [0.29, 0.717) is 23.8 Å². The normalized spacial score (nSPS) is 9.80. The molecule has 0 spiro atoms. The van der Waals surface area contributed by atoms with E-state index in [0.717, 1.165) is 0 Å². The van der Waals surface area contributed by atoms with Crippen LogP contribution in [0.25, 0.3) is 0 Å². The molecule has 2 N–H and O–H groups in total. The molecule has 0 bridgehead atoms. The molecule has 0 aliphatic heterocycles. The zero-order valence-electron chi connectivity index (χ0n) is 5.34. The van der Waals surface area contributed by atoms with Gasteiger partial charge in [0.1, 0.15) is 6.61 Å². The average Bonchev–Trinajstić information content (AvgIpc) is 2.31. The van der Waals surface area contributed by atoms with Gasteiger partial charge in [-0.15, -0.1) is 0 Å². The summed E-state index contributed by atoms with van der Waals surface area (Å²) in [4.78, 5) is 0. The van der Waals surface area contributed by atoms with Gasteiger partial charge in [-0.05, 0) is 22.0 Å². The van der Waals surface area contributed by atoms with E-state index in [4.69, 9.17) is 14.9 Å². The van der Waals surface area contributed by atoms with Crippen LogP contribution in [-0.4, -0.2) is 13.2 Å². The van der Waals surface area contributed by atoms with E-state index in [2.05, 4.69) is 15.9 Å². The molecule has 4 heteroatoms. The first-order chi connectivity index (χ1) is 4.83. The fourth-order valence-electron chi connectivity index (χ4n) is 0.535. The lowest BCUT2D eigenvalue weighted by Crippen LogP contribution is -2.09. The molecule has 0 saturated carbocycles. The minimum atomic E-state index is 0.486. The quantitative estimate of drug-likeness (QED) is 0.812. The van der Waals surface area contributed by atoms with Crippen LogP contribution in [0, 0.1) is 0 Å². The molecule has 0 atom stereocenters. The summed E-state index contributed by atoms with van der Waals surface area (Å²) in [5.74, 6) is 0.498. The van der Waals surface area contributed by atoms with Crippen LogP contribution in [0.1, 0.15) is 0 Å². The molecule has 1 rings (SSSR count). The Morgan fingerprint density at radius 1 is 1.60 bits per heavy atom. The van der Waals surface area contributed by atoms with E-state index in [-0.39, 0.29) is 0 Å². The Hall–Kier alpha value is -0.480. The van der Waals surface area contributed by atoms with Crippen LogP contribution in [0.5, 0.6) is 5.95 Å². The molecule has 10 heavy (non-hydrogen) atoms. The smallest absolute Gasteiger partial charge is 0.285 e. The highest BCUT2D eigenvalue weighted by Crippen LogP contribution is 2.19. The fraction of sp³-hybridized carbons (Fsp3) is 0.333. The number of hydrogen-bond acceptors (Lipinski definition) is 3. The molecule has 56 valence electrons. The minimum Gasteiger partial charge on any atom is -0.464 e. The van der Waals surface area contributed by atoms with E-state index >= 15 is 0 Å². The maximum Gasteiger partial charge on any atom is 0.285 e. The number of nitrogens with two attached hydrogens (primary N) is 1. The Morgan fingerprint density at radius 2 is 2.40 bits per heavy atom. The molecule has 0 amide bonds. The van der Waals surface area contributed by atoms with E-state index in [9.17, 15) is 0 Å². The van der Waals surface area contributed by atoms with Crippen LogP contribution < -0.4 is 10.5 Å². The molecule has 1 heterocycles. The van der Waals surface area contributed by atoms with Gasteiger partial charge < -0.3 is 14.9 Å². The summed E-state index contributed by atoms with van der Waals surface area (Å²) in [5, 5.41) is 0. The first-order valence-corrected chi connectivity index (χ1v) is 3.70. The molecular formula is C6H8BrNO2. The van der Waals surface area contributed by atoms with E-state index in [1.807, 2.05) is 0 Å². The third-order valence-corrected chi connectivity index (χ3v) is 1.34. The van der Waals surface area contributed by atoms with Gasteiger partial charge in [0.05, 0.1) is 0 Å². The zero-order chi connectivity index (χ0) is 7.40. The van der Waals surface area contributed by atoms with Crippen LogP contribution in [0.15, 0.2) is 21.2 Å². The van der Waals surface area contributed by atoms with Crippen molar-refractivity contribution >= 4 is 15.9 Å². The molecule has 0 fully saturated rings. The number of halogens is 1. The molecule has 0 radical (unpaired) electrons. The monoisotopic (exact) mass is 205 g/mol. The van der Waals surface area contributed by atoms with Crippen LogP contribution >= 0.6 is 15.9 Å². The summed E-state index contributed by atoms with van der Waals surface area (Å²) in [6, 6.07) is 3.51. The van der Waals surface area contributed by atoms with Crippen molar-refractivity contribution in [3.8, 4) is 5.95 Å². The summed E-state index contributed by atoms with van der Waals surface area (Å²) in [6.07, 6.45) is 0. The van der Waals surface area contributed by atoms with Crippen LogP contribution in [0.4, 0.5) is 0 Å². The predicted octanol–water partition coefficient (Wildman–Crippen LogP) is 1.38. The molecule has 0 unspecified atom stereocenters. The van der Waals surface area contributed by atoms with Crippen molar-refractivity contribution < 1.29 is 9.15 Å². The highest BCUT2D eigenvalue weighted by molar-refractivity contribution is 9.10. The molecule has 0 aromatic carbocycles. The summed E-state index contributed by atoms with van der Waals surface area (Å²) in [7, 11) is 0. The van der Waals surface area contributed by atoms with Crippen molar-refractivity contribution in [2.24, 2.45) is 5.73 Å². The van der Waals surface area contributed by atoms with Crippen LogP contribution in [0.3, 0.4) is 0 Å². The topological polar surface area (TPSA) is 48.4 Å². The number of furan rings is 1. The van der Waals surface area contributed by atoms with Gasteiger partial charge in [-0.2, -0.15) is 0 Å².